The van der Waals surface area contributed by atoms with Crippen molar-refractivity contribution in [3.63, 3.8) is 0 Å². The van der Waals surface area contributed by atoms with Gasteiger partial charge in [0.05, 0.1) is 0 Å². The fourth-order valence-electron chi connectivity index (χ4n) is 0.0454. The molecule has 0 spiro atoms. The van der Waals surface area contributed by atoms with Gasteiger partial charge in [-0.1, -0.05) is 0 Å². The van der Waals surface area contributed by atoms with E-state index >= 15 is 0 Å². The van der Waals surface area contributed by atoms with E-state index in [1.165, 1.54) is 0 Å². The largest absolute Gasteiger partial charge is 1.00 e. The van der Waals surface area contributed by atoms with Crippen molar-refractivity contribution in [3.05, 3.63) is 0 Å². The summed E-state index contributed by atoms with van der Waals surface area (Å²) < 4.78 is 40.5. The van der Waals surface area contributed by atoms with Crippen molar-refractivity contribution < 1.29 is 122 Å². The van der Waals surface area contributed by atoms with E-state index in [-0.39, 0.29) is 103 Å². The van der Waals surface area contributed by atoms with Crippen molar-refractivity contribution in [2.45, 2.75) is 0 Å². The molecule has 0 aliphatic rings. The Labute approximate surface area is 146 Å². The molecule has 9 heavy (non-hydrogen) atoms. The van der Waals surface area contributed by atoms with Gasteiger partial charge in [-0.2, -0.15) is 0 Å². The Hall–Kier alpha value is 3.79. The molecule has 0 saturated heterocycles. The summed E-state index contributed by atoms with van der Waals surface area (Å²) in [6, 6.07) is 0. The van der Waals surface area contributed by atoms with Crippen molar-refractivity contribution in [1.29, 1.82) is 0 Å². The molecule has 0 rings (SSSR count). The third kappa shape index (κ3) is 18.6. The number of hydrogen-bond acceptors (Lipinski definition) is 5. The summed E-state index contributed by atoms with van der Waals surface area (Å²) in [6.45, 7) is 0. The topological polar surface area (TPSA) is 89.5 Å². The minimum Gasteiger partial charge on any atom is 1.00 e. The van der Waals surface area contributed by atoms with Crippen LogP contribution in [-0.4, -0.2) is 29.0 Å². The van der Waals surface area contributed by atoms with Crippen molar-refractivity contribution in [3.8, 4) is 0 Å². The smallest absolute Gasteiger partial charge is 1.00 e. The maximum atomic E-state index is 9.32. The SMILES string of the molecule is O=[Se]([O-])O[Se](=O)[O-].[K+].[K+]. The third-order valence-electron chi connectivity index (χ3n) is 0.111. The minimum absolute atomic E-state index is 0. The zero-order valence-electron chi connectivity index (χ0n) is 4.86. The van der Waals surface area contributed by atoms with E-state index < -0.39 is 29.0 Å². The fraction of sp³-hybridized carbons (Fsp3) is 0. The van der Waals surface area contributed by atoms with Gasteiger partial charge < -0.3 is 0 Å². The van der Waals surface area contributed by atoms with E-state index in [1.807, 2.05) is 0 Å². The van der Waals surface area contributed by atoms with Gasteiger partial charge in [0.15, 0.2) is 0 Å². The fourth-order valence-corrected chi connectivity index (χ4v) is 1.22. The molecule has 0 aromatic carbocycles. The second kappa shape index (κ2) is 11.8. The molecule has 0 unspecified atom stereocenters. The minimum atomic E-state index is -3.69. The molecule has 0 saturated carbocycles. The van der Waals surface area contributed by atoms with Crippen molar-refractivity contribution in [2.75, 3.05) is 0 Å². The molecule has 9 heteroatoms. The molecule has 0 fully saturated rings. The second-order valence-corrected chi connectivity index (χ2v) is 3.96. The van der Waals surface area contributed by atoms with Gasteiger partial charge in [0.1, 0.15) is 0 Å². The second-order valence-electron chi connectivity index (χ2n) is 0.476. The summed E-state index contributed by atoms with van der Waals surface area (Å²) in [4.78, 5) is 0. The standard InChI is InChI=1S/2K.H2O5Se2/c;;1-6(2)5-7(3)4/h;;(H,1,2)(H,3,4)/q2*+1;/p-2. The molecule has 44 valence electrons. The zero-order chi connectivity index (χ0) is 5.86. The van der Waals surface area contributed by atoms with Crippen LogP contribution in [0.25, 0.3) is 0 Å². The van der Waals surface area contributed by atoms with Crippen LogP contribution in [0.4, 0.5) is 0 Å². The Kier molecular flexibility index (Phi) is 24.3. The first-order valence-electron chi connectivity index (χ1n) is 1.00. The summed E-state index contributed by atoms with van der Waals surface area (Å²) in [5, 5.41) is 0. The summed E-state index contributed by atoms with van der Waals surface area (Å²) in [6.07, 6.45) is 0. The maximum absolute atomic E-state index is 9.32. The Balaban J connectivity index is -0.000000180. The number of rotatable bonds is 2. The van der Waals surface area contributed by atoms with Gasteiger partial charge in [-0.25, -0.2) is 0 Å². The predicted molar refractivity (Wildman–Crippen MR) is 14.0 cm³/mol. The molecule has 0 bridgehead atoms. The van der Waals surface area contributed by atoms with Gasteiger partial charge >= 0.3 is 151 Å². The van der Waals surface area contributed by atoms with Gasteiger partial charge in [-0.15, -0.1) is 0 Å². The average molecular weight is 316 g/mol. The normalized spacial score (nSPS) is 14.4. The third-order valence-corrected chi connectivity index (χ3v) is 3.00. The van der Waals surface area contributed by atoms with Gasteiger partial charge in [0, 0.05) is 0 Å². The Bertz CT molecular complexity index is 89.1. The van der Waals surface area contributed by atoms with E-state index in [4.69, 9.17) is 0 Å². The van der Waals surface area contributed by atoms with Crippen molar-refractivity contribution in [1.82, 2.24) is 0 Å². The first kappa shape index (κ1) is 18.6. The first-order chi connectivity index (χ1) is 3.13. The molecule has 0 atom stereocenters. The molecular formula is K2O5Se2. The van der Waals surface area contributed by atoms with Crippen LogP contribution in [0.3, 0.4) is 0 Å². The Morgan fingerprint density at radius 2 is 1.22 bits per heavy atom. The molecule has 0 aliphatic carbocycles. The number of hydrogen-bond donors (Lipinski definition) is 0. The van der Waals surface area contributed by atoms with E-state index in [9.17, 15) is 16.0 Å². The van der Waals surface area contributed by atoms with Crippen LogP contribution in [0.15, 0.2) is 0 Å². The molecule has 0 aromatic rings. The quantitative estimate of drug-likeness (QED) is 0.472. The van der Waals surface area contributed by atoms with Crippen LogP contribution in [-0.2, 0) is 10.6 Å². The molecular weight excluding hydrogens is 316 g/mol. The summed E-state index contributed by atoms with van der Waals surface area (Å²) in [5.74, 6) is 0. The summed E-state index contributed by atoms with van der Waals surface area (Å²) >= 11 is -7.38. The molecule has 0 radical (unpaired) electrons. The van der Waals surface area contributed by atoms with Gasteiger partial charge in [-0.05, 0) is 0 Å². The average Bonchev–Trinajstić information content (AvgIpc) is 1.27. The van der Waals surface area contributed by atoms with Gasteiger partial charge in [0.2, 0.25) is 0 Å². The maximum Gasteiger partial charge on any atom is 1.00 e. The van der Waals surface area contributed by atoms with E-state index in [2.05, 4.69) is 2.90 Å². The van der Waals surface area contributed by atoms with Gasteiger partial charge in [-0.3, -0.25) is 0 Å². The van der Waals surface area contributed by atoms with Crippen LogP contribution >= 0.6 is 0 Å². The molecule has 5 nitrogen and oxygen atoms in total. The van der Waals surface area contributed by atoms with E-state index in [0.717, 1.165) is 0 Å². The van der Waals surface area contributed by atoms with Crippen molar-refractivity contribution >= 4 is 29.0 Å². The van der Waals surface area contributed by atoms with Crippen LogP contribution in [0, 0.1) is 0 Å². The summed E-state index contributed by atoms with van der Waals surface area (Å²) in [5.41, 5.74) is 0. The molecule has 0 heterocycles. The Morgan fingerprint density at radius 3 is 1.22 bits per heavy atom. The monoisotopic (exact) mass is 318 g/mol. The van der Waals surface area contributed by atoms with Crippen LogP contribution in [0.2, 0.25) is 0 Å². The van der Waals surface area contributed by atoms with Crippen LogP contribution < -0.4 is 111 Å². The summed E-state index contributed by atoms with van der Waals surface area (Å²) in [7, 11) is 0. The molecule has 0 aliphatic heterocycles. The molecule has 0 amide bonds. The Morgan fingerprint density at radius 1 is 1.00 bits per heavy atom. The first-order valence-corrected chi connectivity index (χ1v) is 5.20. The van der Waals surface area contributed by atoms with E-state index in [0.29, 0.717) is 0 Å². The molecule has 0 aromatic heterocycles. The zero-order valence-corrected chi connectivity index (χ0v) is 14.5. The predicted octanol–water partition coefficient (Wildman–Crippen LogP) is -9.44. The van der Waals surface area contributed by atoms with Crippen LogP contribution in [0.1, 0.15) is 0 Å². The molecule has 0 N–H and O–H groups in total. The van der Waals surface area contributed by atoms with Crippen molar-refractivity contribution in [2.24, 2.45) is 0 Å². The van der Waals surface area contributed by atoms with Crippen LogP contribution in [0.5, 0.6) is 0 Å². The van der Waals surface area contributed by atoms with Gasteiger partial charge in [0.25, 0.3) is 0 Å². The van der Waals surface area contributed by atoms with E-state index in [1.54, 1.807) is 0 Å².